The van der Waals surface area contributed by atoms with Gasteiger partial charge in [-0.15, -0.1) is 0 Å². The highest BCUT2D eigenvalue weighted by Crippen LogP contribution is 2.10. The molecule has 0 atom stereocenters. The summed E-state index contributed by atoms with van der Waals surface area (Å²) in [5.74, 6) is 0. The maximum Gasteiger partial charge on any atom is -0.00773 e. The first kappa shape index (κ1) is 16.6. The Morgan fingerprint density at radius 1 is 1.20 bits per heavy atom. The van der Waals surface area contributed by atoms with Crippen molar-refractivity contribution in [2.45, 2.75) is 46.5 Å². The summed E-state index contributed by atoms with van der Waals surface area (Å²) < 4.78 is 0. The summed E-state index contributed by atoms with van der Waals surface area (Å²) in [6, 6.07) is 0. The molecule has 0 rings (SSSR count). The first-order valence-corrected chi connectivity index (χ1v) is 5.99. The van der Waals surface area contributed by atoms with E-state index in [9.17, 15) is 0 Å². The van der Waals surface area contributed by atoms with Gasteiger partial charge in [-0.05, 0) is 38.3 Å². The van der Waals surface area contributed by atoms with Gasteiger partial charge in [0.25, 0.3) is 0 Å². The number of unbranched alkanes of at least 4 members (excludes halogenated alkanes) is 2. The molecule has 88 valence electrons. The van der Waals surface area contributed by atoms with Crippen molar-refractivity contribution in [2.24, 2.45) is 5.73 Å². The van der Waals surface area contributed by atoms with Gasteiger partial charge in [-0.1, -0.05) is 51.2 Å². The number of hydrogen-bond donors (Lipinski definition) is 1. The summed E-state index contributed by atoms with van der Waals surface area (Å²) in [6.45, 7) is 10.5. The van der Waals surface area contributed by atoms with E-state index in [1.165, 1.54) is 18.4 Å². The Morgan fingerprint density at radius 3 is 2.33 bits per heavy atom. The molecule has 0 radical (unpaired) electrons. The van der Waals surface area contributed by atoms with Gasteiger partial charge in [0, 0.05) is 0 Å². The predicted molar refractivity (Wildman–Crippen MR) is 72.0 cm³/mol. The third-order valence-corrected chi connectivity index (χ3v) is 1.88. The maximum atomic E-state index is 5.42. The van der Waals surface area contributed by atoms with Crippen LogP contribution >= 0.6 is 0 Å². The Hall–Kier alpha value is -0.820. The zero-order valence-corrected chi connectivity index (χ0v) is 10.6. The van der Waals surface area contributed by atoms with E-state index in [4.69, 9.17) is 5.73 Å². The van der Waals surface area contributed by atoms with E-state index in [-0.39, 0.29) is 0 Å². The van der Waals surface area contributed by atoms with E-state index < -0.39 is 0 Å². The molecule has 1 nitrogen and oxygen atoms in total. The molecule has 0 amide bonds. The Morgan fingerprint density at radius 2 is 1.87 bits per heavy atom. The lowest BCUT2D eigenvalue weighted by atomic mass is 10.1. The van der Waals surface area contributed by atoms with E-state index in [2.05, 4.69) is 24.8 Å². The monoisotopic (exact) mass is 209 g/mol. The second kappa shape index (κ2) is 15.6. The molecule has 15 heavy (non-hydrogen) atoms. The number of allylic oxidation sites excluding steroid dienone is 5. The molecule has 0 saturated carbocycles. The lowest BCUT2D eigenvalue weighted by Gasteiger charge is -2.00. The average molecular weight is 209 g/mol. The molecule has 0 bridgehead atoms. The van der Waals surface area contributed by atoms with Gasteiger partial charge in [0.05, 0.1) is 0 Å². The number of rotatable bonds is 7. The fourth-order valence-electron chi connectivity index (χ4n) is 1.24. The second-order valence-corrected chi connectivity index (χ2v) is 3.08. The van der Waals surface area contributed by atoms with Crippen LogP contribution in [0.3, 0.4) is 0 Å². The van der Waals surface area contributed by atoms with Crippen molar-refractivity contribution in [3.8, 4) is 0 Å². The van der Waals surface area contributed by atoms with Gasteiger partial charge < -0.3 is 5.73 Å². The van der Waals surface area contributed by atoms with E-state index in [1.54, 1.807) is 0 Å². The molecule has 0 aromatic carbocycles. The van der Waals surface area contributed by atoms with Crippen molar-refractivity contribution >= 4 is 0 Å². The Bertz CT molecular complexity index is 178. The van der Waals surface area contributed by atoms with Crippen molar-refractivity contribution in [1.29, 1.82) is 0 Å². The van der Waals surface area contributed by atoms with Crippen LogP contribution in [0.4, 0.5) is 0 Å². The van der Waals surface area contributed by atoms with Crippen LogP contribution in [-0.2, 0) is 0 Å². The maximum absolute atomic E-state index is 5.42. The highest BCUT2D eigenvalue weighted by molar-refractivity contribution is 5.22. The van der Waals surface area contributed by atoms with Crippen molar-refractivity contribution < 1.29 is 0 Å². The number of nitrogens with two attached hydrogens (primary N) is 1. The van der Waals surface area contributed by atoms with E-state index in [1.807, 2.05) is 26.8 Å². The van der Waals surface area contributed by atoms with Crippen molar-refractivity contribution in [1.82, 2.24) is 0 Å². The summed E-state index contributed by atoms with van der Waals surface area (Å²) in [6.07, 6.45) is 12.8. The van der Waals surface area contributed by atoms with Crippen LogP contribution in [0.15, 0.2) is 36.5 Å². The zero-order valence-electron chi connectivity index (χ0n) is 10.6. The normalized spacial score (nSPS) is 11.1. The van der Waals surface area contributed by atoms with Crippen LogP contribution < -0.4 is 5.73 Å². The molecule has 0 saturated heterocycles. The summed E-state index contributed by atoms with van der Waals surface area (Å²) >= 11 is 0. The molecule has 0 fully saturated rings. The van der Waals surface area contributed by atoms with Crippen LogP contribution in [-0.4, -0.2) is 6.54 Å². The standard InChI is InChI=1S/C12H21N.C2H6/c1-3-8-12(9-4-2)10-6-5-7-11-13;1-2/h3-4,8-9H,1,5-7,10-11,13H2,2H3;1-2H3/b9-4-,12-8+;. The van der Waals surface area contributed by atoms with Crippen LogP contribution in [0.5, 0.6) is 0 Å². The van der Waals surface area contributed by atoms with Gasteiger partial charge in [-0.3, -0.25) is 0 Å². The fourth-order valence-corrected chi connectivity index (χ4v) is 1.24. The lowest BCUT2D eigenvalue weighted by molar-refractivity contribution is 0.688. The van der Waals surface area contributed by atoms with Gasteiger partial charge in [-0.25, -0.2) is 0 Å². The highest BCUT2D eigenvalue weighted by Gasteiger charge is 1.91. The number of hydrogen-bond acceptors (Lipinski definition) is 1. The molecule has 0 aliphatic carbocycles. The van der Waals surface area contributed by atoms with Gasteiger partial charge in [0.1, 0.15) is 0 Å². The summed E-state index contributed by atoms with van der Waals surface area (Å²) in [5, 5.41) is 0. The minimum Gasteiger partial charge on any atom is -0.330 e. The molecule has 0 heterocycles. The first-order chi connectivity index (χ1) is 7.35. The molecule has 0 aromatic heterocycles. The molecule has 0 aliphatic heterocycles. The van der Waals surface area contributed by atoms with Crippen molar-refractivity contribution in [2.75, 3.05) is 6.54 Å². The van der Waals surface area contributed by atoms with E-state index >= 15 is 0 Å². The Balaban J connectivity index is 0. The van der Waals surface area contributed by atoms with Crippen molar-refractivity contribution in [3.63, 3.8) is 0 Å². The van der Waals surface area contributed by atoms with Gasteiger partial charge in [0.15, 0.2) is 0 Å². The first-order valence-electron chi connectivity index (χ1n) is 5.99. The van der Waals surface area contributed by atoms with Crippen LogP contribution in [0.1, 0.15) is 46.5 Å². The minimum atomic E-state index is 0.810. The van der Waals surface area contributed by atoms with Gasteiger partial charge >= 0.3 is 0 Å². The minimum absolute atomic E-state index is 0.810. The molecule has 0 spiro atoms. The SMILES string of the molecule is C=C/C=C(\C=C/C)CCCCCN.CC. The average Bonchev–Trinajstić information content (AvgIpc) is 2.28. The topological polar surface area (TPSA) is 26.0 Å². The van der Waals surface area contributed by atoms with Crippen LogP contribution in [0.2, 0.25) is 0 Å². The summed E-state index contributed by atoms with van der Waals surface area (Å²) in [7, 11) is 0. The summed E-state index contributed by atoms with van der Waals surface area (Å²) in [4.78, 5) is 0. The molecule has 0 unspecified atom stereocenters. The van der Waals surface area contributed by atoms with Gasteiger partial charge in [0.2, 0.25) is 0 Å². The molecule has 0 aliphatic rings. The quantitative estimate of drug-likeness (QED) is 0.493. The third-order valence-electron chi connectivity index (χ3n) is 1.88. The van der Waals surface area contributed by atoms with Gasteiger partial charge in [-0.2, -0.15) is 0 Å². The molecule has 1 heteroatoms. The third kappa shape index (κ3) is 13.2. The van der Waals surface area contributed by atoms with Crippen LogP contribution in [0.25, 0.3) is 0 Å². The zero-order chi connectivity index (χ0) is 11.9. The fraction of sp³-hybridized carbons (Fsp3) is 0.571. The van der Waals surface area contributed by atoms with E-state index in [0.29, 0.717) is 0 Å². The largest absolute Gasteiger partial charge is 0.330 e. The smallest absolute Gasteiger partial charge is 0.00773 e. The Kier molecular flexibility index (Phi) is 17.3. The summed E-state index contributed by atoms with van der Waals surface area (Å²) in [5.41, 5.74) is 6.77. The van der Waals surface area contributed by atoms with Crippen LogP contribution in [0, 0.1) is 0 Å². The van der Waals surface area contributed by atoms with E-state index in [0.717, 1.165) is 19.4 Å². The predicted octanol–water partition coefficient (Wildman–Crippen LogP) is 4.22. The lowest BCUT2D eigenvalue weighted by Crippen LogP contribution is -1.97. The molecular formula is C14H27N. The van der Waals surface area contributed by atoms with Crippen molar-refractivity contribution in [3.05, 3.63) is 36.5 Å². The molecular weight excluding hydrogens is 182 g/mol. The highest BCUT2D eigenvalue weighted by atomic mass is 14.5. The second-order valence-electron chi connectivity index (χ2n) is 3.08. The Labute approximate surface area is 95.8 Å². The molecule has 0 aromatic rings. The molecule has 2 N–H and O–H groups in total.